The summed E-state index contributed by atoms with van der Waals surface area (Å²) in [5.41, 5.74) is 2.09. The third-order valence-corrected chi connectivity index (χ3v) is 6.32. The predicted molar refractivity (Wildman–Crippen MR) is 120 cm³/mol. The lowest BCUT2D eigenvalue weighted by atomic mass is 9.92. The van der Waals surface area contributed by atoms with Crippen LogP contribution in [0.25, 0.3) is 10.4 Å². The van der Waals surface area contributed by atoms with Crippen LogP contribution in [0.3, 0.4) is 0 Å². The van der Waals surface area contributed by atoms with E-state index in [4.69, 9.17) is 4.74 Å². The van der Waals surface area contributed by atoms with Crippen molar-refractivity contribution >= 4 is 28.2 Å². The van der Waals surface area contributed by atoms with Crippen molar-refractivity contribution in [3.05, 3.63) is 60.2 Å². The van der Waals surface area contributed by atoms with E-state index in [0.717, 1.165) is 59.3 Å². The fourth-order valence-electron chi connectivity index (χ4n) is 3.81. The quantitative estimate of drug-likeness (QED) is 0.585. The van der Waals surface area contributed by atoms with E-state index in [1.54, 1.807) is 25.4 Å². The number of hydrogen-bond donors (Lipinski definition) is 1. The second-order valence-corrected chi connectivity index (χ2v) is 8.73. The van der Waals surface area contributed by atoms with E-state index >= 15 is 0 Å². The molecule has 1 N–H and O–H groups in total. The topological polar surface area (TPSA) is 67.3 Å². The number of amides is 1. The number of carbonyl (C=O) groups excluding carboxylic acids is 1. The fourth-order valence-corrected chi connectivity index (χ4v) is 4.64. The molecule has 1 atom stereocenters. The Morgan fingerprint density at radius 2 is 2.06 bits per heavy atom. The van der Waals surface area contributed by atoms with Crippen molar-refractivity contribution in [1.29, 1.82) is 0 Å². The molecule has 1 unspecified atom stereocenters. The summed E-state index contributed by atoms with van der Waals surface area (Å²) < 4.78 is 18.1. The van der Waals surface area contributed by atoms with Gasteiger partial charge in [-0.2, -0.15) is 0 Å². The highest BCUT2D eigenvalue weighted by Crippen LogP contribution is 2.30. The van der Waals surface area contributed by atoms with E-state index in [1.807, 2.05) is 17.2 Å². The van der Waals surface area contributed by atoms with Gasteiger partial charge in [0.05, 0.1) is 4.88 Å². The first-order valence-corrected chi connectivity index (χ1v) is 11.1. The number of aromatic nitrogens is 2. The van der Waals surface area contributed by atoms with Crippen molar-refractivity contribution in [3.63, 3.8) is 0 Å². The molecule has 0 radical (unpaired) electrons. The number of halogens is 1. The van der Waals surface area contributed by atoms with Crippen LogP contribution in [0.2, 0.25) is 0 Å². The van der Waals surface area contributed by atoms with Crippen LogP contribution in [-0.4, -0.2) is 47.6 Å². The monoisotopic (exact) mass is 440 g/mol. The number of likely N-dealkylation sites (tertiary alicyclic amines) is 1. The molecule has 0 aliphatic carbocycles. The first kappa shape index (κ1) is 21.4. The van der Waals surface area contributed by atoms with Gasteiger partial charge in [0.2, 0.25) is 5.91 Å². The zero-order chi connectivity index (χ0) is 21.6. The zero-order valence-electron chi connectivity index (χ0n) is 17.4. The molecule has 0 bridgehead atoms. The molecule has 1 aromatic carbocycles. The summed E-state index contributed by atoms with van der Waals surface area (Å²) in [6, 6.07) is 10.4. The number of benzene rings is 1. The van der Waals surface area contributed by atoms with Crippen molar-refractivity contribution in [2.75, 3.05) is 32.1 Å². The van der Waals surface area contributed by atoms with Gasteiger partial charge in [-0.3, -0.25) is 4.79 Å². The standard InChI is InChI=1S/C23H25FN4O2S/c1-30-15-22(29)28-10-2-3-17(14-28)11-16-4-9-21(25-12-16)27-23-26-13-20(31-23)18-5-7-19(24)8-6-18/h4-9,12-13,17H,2-3,10-11,14-15H2,1H3,(H,25,26,27). The number of carbonyl (C=O) groups is 1. The first-order valence-electron chi connectivity index (χ1n) is 10.3. The highest BCUT2D eigenvalue weighted by Gasteiger charge is 2.23. The average molecular weight is 441 g/mol. The van der Waals surface area contributed by atoms with E-state index in [1.165, 1.54) is 23.5 Å². The molecule has 0 spiro atoms. The maximum absolute atomic E-state index is 13.1. The minimum Gasteiger partial charge on any atom is -0.375 e. The number of hydrogen-bond acceptors (Lipinski definition) is 6. The lowest BCUT2D eigenvalue weighted by Crippen LogP contribution is -2.42. The molecular weight excluding hydrogens is 415 g/mol. The second kappa shape index (κ2) is 9.98. The Balaban J connectivity index is 1.33. The van der Waals surface area contributed by atoms with Crippen molar-refractivity contribution in [1.82, 2.24) is 14.9 Å². The summed E-state index contributed by atoms with van der Waals surface area (Å²) in [4.78, 5) is 23.9. The van der Waals surface area contributed by atoms with Crippen LogP contribution in [-0.2, 0) is 16.0 Å². The molecule has 6 nitrogen and oxygen atoms in total. The maximum Gasteiger partial charge on any atom is 0.248 e. The summed E-state index contributed by atoms with van der Waals surface area (Å²) in [7, 11) is 1.55. The molecule has 31 heavy (non-hydrogen) atoms. The van der Waals surface area contributed by atoms with E-state index in [2.05, 4.69) is 21.4 Å². The normalized spacial score (nSPS) is 16.3. The molecule has 1 amide bonds. The summed E-state index contributed by atoms with van der Waals surface area (Å²) in [5.74, 6) is 0.975. The maximum atomic E-state index is 13.1. The molecule has 1 aliphatic heterocycles. The van der Waals surface area contributed by atoms with E-state index < -0.39 is 0 Å². The van der Waals surface area contributed by atoms with Gasteiger partial charge in [0.1, 0.15) is 18.2 Å². The molecule has 3 aromatic rings. The van der Waals surface area contributed by atoms with Crippen LogP contribution in [0.15, 0.2) is 48.8 Å². The number of ether oxygens (including phenoxy) is 1. The third kappa shape index (κ3) is 5.65. The lowest BCUT2D eigenvalue weighted by Gasteiger charge is -2.32. The largest absolute Gasteiger partial charge is 0.375 e. The highest BCUT2D eigenvalue weighted by atomic mass is 32.1. The van der Waals surface area contributed by atoms with Crippen LogP contribution >= 0.6 is 11.3 Å². The van der Waals surface area contributed by atoms with Gasteiger partial charge in [0, 0.05) is 32.6 Å². The molecule has 1 aliphatic rings. The summed E-state index contributed by atoms with van der Waals surface area (Å²) >= 11 is 1.49. The van der Waals surface area contributed by atoms with Crippen molar-refractivity contribution in [2.24, 2.45) is 5.92 Å². The lowest BCUT2D eigenvalue weighted by molar-refractivity contribution is -0.136. The highest BCUT2D eigenvalue weighted by molar-refractivity contribution is 7.18. The molecule has 1 saturated heterocycles. The Bertz CT molecular complexity index is 1010. The molecule has 8 heteroatoms. The molecule has 0 saturated carbocycles. The number of methoxy groups -OCH3 is 1. The van der Waals surface area contributed by atoms with Gasteiger partial charge < -0.3 is 15.0 Å². The van der Waals surface area contributed by atoms with Crippen LogP contribution in [0.4, 0.5) is 15.3 Å². The number of nitrogens with one attached hydrogen (secondary N) is 1. The molecule has 3 heterocycles. The summed E-state index contributed by atoms with van der Waals surface area (Å²) in [6.45, 7) is 1.73. The molecule has 2 aromatic heterocycles. The Hall–Kier alpha value is -2.84. The molecule has 1 fully saturated rings. The van der Waals surface area contributed by atoms with Crippen molar-refractivity contribution in [3.8, 4) is 10.4 Å². The molecular formula is C23H25FN4O2S. The molecule has 162 valence electrons. The number of anilines is 2. The Labute approximate surface area is 185 Å². The number of nitrogens with zero attached hydrogens (tertiary/aromatic N) is 3. The van der Waals surface area contributed by atoms with Crippen LogP contribution in [0.5, 0.6) is 0 Å². The van der Waals surface area contributed by atoms with Crippen molar-refractivity contribution < 1.29 is 13.9 Å². The Kier molecular flexibility index (Phi) is 6.89. The number of rotatable bonds is 7. The Morgan fingerprint density at radius 3 is 2.81 bits per heavy atom. The van der Waals surface area contributed by atoms with Crippen molar-refractivity contribution in [2.45, 2.75) is 19.3 Å². The average Bonchev–Trinajstić information content (AvgIpc) is 3.24. The minimum atomic E-state index is -0.251. The minimum absolute atomic E-state index is 0.0633. The van der Waals surface area contributed by atoms with Crippen LogP contribution < -0.4 is 5.32 Å². The van der Waals surface area contributed by atoms with E-state index in [0.29, 0.717) is 5.92 Å². The SMILES string of the molecule is COCC(=O)N1CCCC(Cc2ccc(Nc3ncc(-c4ccc(F)cc4)s3)nc2)C1. The Morgan fingerprint density at radius 1 is 1.23 bits per heavy atom. The van der Waals surface area contributed by atoms with Gasteiger partial charge in [-0.1, -0.05) is 29.5 Å². The second-order valence-electron chi connectivity index (χ2n) is 7.70. The predicted octanol–water partition coefficient (Wildman–Crippen LogP) is 4.52. The smallest absolute Gasteiger partial charge is 0.248 e. The zero-order valence-corrected chi connectivity index (χ0v) is 18.2. The number of piperidine rings is 1. The van der Waals surface area contributed by atoms with Gasteiger partial charge in [-0.15, -0.1) is 0 Å². The summed E-state index contributed by atoms with van der Waals surface area (Å²) in [5, 5.41) is 3.96. The number of pyridine rings is 1. The number of thiazole rings is 1. The third-order valence-electron chi connectivity index (χ3n) is 5.36. The fraction of sp³-hybridized carbons (Fsp3) is 0.348. The molecule has 4 rings (SSSR count). The van der Waals surface area contributed by atoms with Crippen LogP contribution in [0, 0.1) is 11.7 Å². The van der Waals surface area contributed by atoms with Gasteiger partial charge >= 0.3 is 0 Å². The van der Waals surface area contributed by atoms with Gasteiger partial charge in [0.25, 0.3) is 0 Å². The van der Waals surface area contributed by atoms with Crippen LogP contribution in [0.1, 0.15) is 18.4 Å². The van der Waals surface area contributed by atoms with E-state index in [9.17, 15) is 9.18 Å². The van der Waals surface area contributed by atoms with Gasteiger partial charge in [0.15, 0.2) is 5.13 Å². The van der Waals surface area contributed by atoms with Gasteiger partial charge in [-0.25, -0.2) is 14.4 Å². The van der Waals surface area contributed by atoms with E-state index in [-0.39, 0.29) is 18.3 Å². The van der Waals surface area contributed by atoms with Gasteiger partial charge in [-0.05, 0) is 54.5 Å². The first-order chi connectivity index (χ1) is 15.1. The summed E-state index contributed by atoms with van der Waals surface area (Å²) in [6.07, 6.45) is 6.69.